The number of rotatable bonds is 9. The van der Waals surface area contributed by atoms with E-state index in [4.69, 9.17) is 9.26 Å². The number of esters is 1. The molecule has 3 atom stereocenters. The monoisotopic (exact) mass is 441 g/mol. The molecule has 32 heavy (non-hydrogen) atoms. The lowest BCUT2D eigenvalue weighted by molar-refractivity contribution is -0.921. The fraction of sp³-hybridized carbons (Fsp3) is 0.615. The molecule has 0 bridgehead atoms. The van der Waals surface area contributed by atoms with Crippen molar-refractivity contribution in [2.75, 3.05) is 26.7 Å². The van der Waals surface area contributed by atoms with Crippen LogP contribution in [-0.4, -0.2) is 53.5 Å². The van der Waals surface area contributed by atoms with Crippen LogP contribution in [0.4, 0.5) is 0 Å². The molecule has 2 aromatic rings. The molecular formula is C26H37N2O4+. The molecule has 1 aliphatic heterocycles. The molecule has 1 aromatic carbocycles. The number of benzene rings is 1. The first-order valence-corrected chi connectivity index (χ1v) is 12.2. The van der Waals surface area contributed by atoms with Crippen molar-refractivity contribution in [3.8, 4) is 0 Å². The van der Waals surface area contributed by atoms with Crippen molar-refractivity contribution in [3.05, 3.63) is 53.9 Å². The van der Waals surface area contributed by atoms with Crippen LogP contribution in [0, 0.1) is 5.92 Å². The Morgan fingerprint density at radius 3 is 2.66 bits per heavy atom. The molecular weight excluding hydrogens is 404 g/mol. The van der Waals surface area contributed by atoms with E-state index in [1.54, 1.807) is 6.26 Å². The predicted molar refractivity (Wildman–Crippen MR) is 122 cm³/mol. The topological polar surface area (TPSA) is 72.6 Å². The van der Waals surface area contributed by atoms with E-state index in [9.17, 15) is 9.90 Å². The van der Waals surface area contributed by atoms with E-state index >= 15 is 0 Å². The fourth-order valence-electron chi connectivity index (χ4n) is 5.74. The standard InChI is InChI=1S/C26H37N2O4/c1-28(17-8-14-23-16-19-32-27-23)18-9-15-24(28)20-31-25(29)26(30,21-10-4-2-5-11-21)22-12-6-3-7-13-22/h2,4-5,10-11,16,19,22,24,30H,3,6-9,12-15,17-18,20H2,1H3/q+1/t24?,26-,28?/m0/s1. The number of carbonyl (C=O) groups is 1. The van der Waals surface area contributed by atoms with Crippen molar-refractivity contribution in [2.45, 2.75) is 69.4 Å². The van der Waals surface area contributed by atoms with Gasteiger partial charge in [-0.3, -0.25) is 0 Å². The maximum Gasteiger partial charge on any atom is 0.343 e. The normalized spacial score (nSPS) is 26.0. The lowest BCUT2D eigenvalue weighted by Gasteiger charge is -2.39. The second-order valence-corrected chi connectivity index (χ2v) is 9.88. The van der Waals surface area contributed by atoms with Crippen LogP contribution in [0.3, 0.4) is 0 Å². The number of aliphatic hydroxyl groups is 1. The molecule has 1 aromatic heterocycles. The molecule has 1 N–H and O–H groups in total. The van der Waals surface area contributed by atoms with Crippen molar-refractivity contribution in [1.82, 2.24) is 5.16 Å². The number of hydrogen-bond donors (Lipinski definition) is 1. The van der Waals surface area contributed by atoms with Crippen LogP contribution in [0.25, 0.3) is 0 Å². The van der Waals surface area contributed by atoms with Crippen LogP contribution in [0.1, 0.15) is 62.6 Å². The van der Waals surface area contributed by atoms with Crippen LogP contribution in [0.2, 0.25) is 0 Å². The molecule has 174 valence electrons. The van der Waals surface area contributed by atoms with Gasteiger partial charge in [-0.15, -0.1) is 0 Å². The summed E-state index contributed by atoms with van der Waals surface area (Å²) in [5.74, 6) is -0.560. The maximum absolute atomic E-state index is 13.4. The smallest absolute Gasteiger partial charge is 0.343 e. The number of likely N-dealkylation sites (N-methyl/N-ethyl adjacent to an activating group) is 1. The van der Waals surface area contributed by atoms with Crippen LogP contribution in [0.15, 0.2) is 47.2 Å². The highest BCUT2D eigenvalue weighted by atomic mass is 16.6. The molecule has 2 fully saturated rings. The number of aryl methyl sites for hydroxylation is 1. The summed E-state index contributed by atoms with van der Waals surface area (Å²) in [4.78, 5) is 13.4. The first-order chi connectivity index (χ1) is 15.5. The molecule has 0 radical (unpaired) electrons. The van der Waals surface area contributed by atoms with Crippen LogP contribution in [0.5, 0.6) is 0 Å². The minimum atomic E-state index is -1.56. The number of nitrogens with zero attached hydrogens (tertiary/aromatic N) is 2. The van der Waals surface area contributed by atoms with Gasteiger partial charge in [-0.05, 0) is 24.8 Å². The molecule has 2 heterocycles. The summed E-state index contributed by atoms with van der Waals surface area (Å²) in [6, 6.07) is 11.6. The average molecular weight is 442 g/mol. The first-order valence-electron chi connectivity index (χ1n) is 12.2. The molecule has 0 amide bonds. The van der Waals surface area contributed by atoms with Crippen molar-refractivity contribution >= 4 is 5.97 Å². The van der Waals surface area contributed by atoms with Gasteiger partial charge in [-0.2, -0.15) is 0 Å². The van der Waals surface area contributed by atoms with E-state index in [0.717, 1.165) is 74.6 Å². The molecule has 2 unspecified atom stereocenters. The Kier molecular flexibility index (Phi) is 7.31. The third-order valence-corrected chi connectivity index (χ3v) is 7.81. The van der Waals surface area contributed by atoms with E-state index in [2.05, 4.69) is 12.2 Å². The van der Waals surface area contributed by atoms with Gasteiger partial charge < -0.3 is 18.8 Å². The first kappa shape index (κ1) is 23.0. The summed E-state index contributed by atoms with van der Waals surface area (Å²) < 4.78 is 11.7. The van der Waals surface area contributed by atoms with Crippen molar-refractivity contribution in [3.63, 3.8) is 0 Å². The average Bonchev–Trinajstić information content (AvgIpc) is 3.48. The van der Waals surface area contributed by atoms with E-state index in [-0.39, 0.29) is 12.0 Å². The van der Waals surface area contributed by atoms with E-state index in [1.165, 1.54) is 6.42 Å². The summed E-state index contributed by atoms with van der Waals surface area (Å²) in [5.41, 5.74) is 0.0868. The molecule has 6 heteroatoms. The third-order valence-electron chi connectivity index (χ3n) is 7.81. The Morgan fingerprint density at radius 1 is 1.16 bits per heavy atom. The second-order valence-electron chi connectivity index (χ2n) is 9.88. The summed E-state index contributed by atoms with van der Waals surface area (Å²) >= 11 is 0. The molecule has 1 saturated heterocycles. The summed E-state index contributed by atoms with van der Waals surface area (Å²) in [7, 11) is 2.26. The zero-order valence-electron chi connectivity index (χ0n) is 19.2. The van der Waals surface area contributed by atoms with Crippen LogP contribution in [-0.2, 0) is 21.6 Å². The van der Waals surface area contributed by atoms with Gasteiger partial charge in [0.15, 0.2) is 5.60 Å². The largest absolute Gasteiger partial charge is 0.457 e. The summed E-state index contributed by atoms with van der Waals surface area (Å²) in [5, 5.41) is 15.7. The quantitative estimate of drug-likeness (QED) is 0.466. The number of hydrogen-bond acceptors (Lipinski definition) is 5. The maximum atomic E-state index is 13.4. The van der Waals surface area contributed by atoms with Gasteiger partial charge in [0.2, 0.25) is 0 Å². The molecule has 4 rings (SSSR count). The Morgan fingerprint density at radius 2 is 1.94 bits per heavy atom. The molecule has 2 aliphatic rings. The van der Waals surface area contributed by atoms with Gasteiger partial charge in [0.05, 0.1) is 25.8 Å². The summed E-state index contributed by atoms with van der Waals surface area (Å²) in [6.45, 7) is 2.47. The minimum Gasteiger partial charge on any atom is -0.457 e. The number of carbonyl (C=O) groups excluding carboxylic acids is 1. The second kappa shape index (κ2) is 10.2. The molecule has 1 saturated carbocycles. The molecule has 0 spiro atoms. The Labute approximate surface area is 191 Å². The Bertz CT molecular complexity index is 850. The fourth-order valence-corrected chi connectivity index (χ4v) is 5.74. The number of quaternary nitrogens is 1. The lowest BCUT2D eigenvalue weighted by atomic mass is 9.73. The van der Waals surface area contributed by atoms with E-state index < -0.39 is 11.6 Å². The Hall–Kier alpha value is -2.18. The number of likely N-dealkylation sites (tertiary alicyclic amines) is 1. The van der Waals surface area contributed by atoms with Crippen molar-refractivity contribution in [2.24, 2.45) is 5.92 Å². The number of ether oxygens (including phenoxy) is 1. The van der Waals surface area contributed by atoms with Gasteiger partial charge in [0.25, 0.3) is 0 Å². The van der Waals surface area contributed by atoms with E-state index in [1.807, 2.05) is 36.4 Å². The zero-order valence-corrected chi connectivity index (χ0v) is 19.2. The third kappa shape index (κ3) is 4.91. The highest BCUT2D eigenvalue weighted by molar-refractivity contribution is 5.81. The van der Waals surface area contributed by atoms with E-state index in [0.29, 0.717) is 12.2 Å². The van der Waals surface area contributed by atoms with Crippen molar-refractivity contribution < 1.29 is 23.6 Å². The van der Waals surface area contributed by atoms with Gasteiger partial charge in [0, 0.05) is 31.2 Å². The zero-order chi connectivity index (χ0) is 22.4. The summed E-state index contributed by atoms with van der Waals surface area (Å²) in [6.07, 6.45) is 10.7. The van der Waals surface area contributed by atoms with Gasteiger partial charge >= 0.3 is 5.97 Å². The molecule has 6 nitrogen and oxygen atoms in total. The van der Waals surface area contributed by atoms with Gasteiger partial charge in [0.1, 0.15) is 18.9 Å². The van der Waals surface area contributed by atoms with Crippen LogP contribution >= 0.6 is 0 Å². The van der Waals surface area contributed by atoms with Gasteiger partial charge in [-0.1, -0.05) is 54.8 Å². The van der Waals surface area contributed by atoms with Crippen LogP contribution < -0.4 is 0 Å². The number of aromatic nitrogens is 1. The SMILES string of the molecule is C[N+]1(CCCc2ccon2)CCCC1COC(=O)[C@](O)(c1ccccc1)C1CCCCC1. The molecule has 1 aliphatic carbocycles. The highest BCUT2D eigenvalue weighted by Crippen LogP contribution is 2.40. The predicted octanol–water partition coefficient (Wildman–Crippen LogP) is 4.23. The minimum absolute atomic E-state index is 0.0851. The Balaban J connectivity index is 1.40. The van der Waals surface area contributed by atoms with Crippen molar-refractivity contribution in [1.29, 1.82) is 0 Å². The lowest BCUT2D eigenvalue weighted by Crippen LogP contribution is -2.52. The van der Waals surface area contributed by atoms with Gasteiger partial charge in [-0.25, -0.2) is 4.79 Å². The highest BCUT2D eigenvalue weighted by Gasteiger charge is 2.48.